The van der Waals surface area contributed by atoms with Crippen LogP contribution >= 0.6 is 0 Å². The van der Waals surface area contributed by atoms with E-state index in [1.807, 2.05) is 0 Å². The molecule has 0 saturated carbocycles. The Morgan fingerprint density at radius 1 is 0.500 bits per heavy atom. The lowest BCUT2D eigenvalue weighted by atomic mass is 9.67. The number of hydrogen-bond donors (Lipinski definition) is 4. The standard InChI is InChI=1S/C30H26O6/c31-27(32)25-17-9-7-11-21(25)19-29(35,23-13-3-1-4-14-23)30(36,24-15-5-2-6-16-24)20-22-12-8-10-18-26(22)28(33)34/h1-18,35-36H,19-20H2,(H,31,32)(H,33,34)/t29-,30-/m0/s1. The van der Waals surface area contributed by atoms with E-state index >= 15 is 0 Å². The molecule has 0 bridgehead atoms. The van der Waals surface area contributed by atoms with Crippen molar-refractivity contribution in [3.05, 3.63) is 143 Å². The summed E-state index contributed by atoms with van der Waals surface area (Å²) in [5.74, 6) is -2.30. The van der Waals surface area contributed by atoms with Crippen LogP contribution in [0.5, 0.6) is 0 Å². The van der Waals surface area contributed by atoms with Crippen molar-refractivity contribution >= 4 is 11.9 Å². The van der Waals surface area contributed by atoms with Crippen LogP contribution < -0.4 is 0 Å². The fourth-order valence-corrected chi connectivity index (χ4v) is 4.72. The van der Waals surface area contributed by atoms with Crippen molar-refractivity contribution in [1.82, 2.24) is 0 Å². The van der Waals surface area contributed by atoms with Gasteiger partial charge in [0.05, 0.1) is 11.1 Å². The van der Waals surface area contributed by atoms with Gasteiger partial charge in [-0.1, -0.05) is 97.1 Å². The van der Waals surface area contributed by atoms with E-state index in [1.165, 1.54) is 12.1 Å². The van der Waals surface area contributed by atoms with E-state index in [2.05, 4.69) is 0 Å². The number of aliphatic hydroxyl groups is 2. The molecule has 0 aliphatic heterocycles. The maximum atomic E-state index is 12.5. The Bertz CT molecular complexity index is 1260. The minimum absolute atomic E-state index is 0.00760. The summed E-state index contributed by atoms with van der Waals surface area (Å²) in [6, 6.07) is 29.8. The van der Waals surface area contributed by atoms with Crippen LogP contribution in [0.2, 0.25) is 0 Å². The number of hydrogen-bond acceptors (Lipinski definition) is 4. The van der Waals surface area contributed by atoms with Crippen LogP contribution in [0.3, 0.4) is 0 Å². The molecule has 0 spiro atoms. The summed E-state index contributed by atoms with van der Waals surface area (Å²) in [6.45, 7) is 0. The summed E-state index contributed by atoms with van der Waals surface area (Å²) < 4.78 is 0. The summed E-state index contributed by atoms with van der Waals surface area (Å²) in [5.41, 5.74) is -2.66. The summed E-state index contributed by atoms with van der Waals surface area (Å²) >= 11 is 0. The minimum atomic E-state index is -2.03. The lowest BCUT2D eigenvalue weighted by Gasteiger charge is -2.45. The van der Waals surface area contributed by atoms with Crippen molar-refractivity contribution in [3.8, 4) is 0 Å². The topological polar surface area (TPSA) is 115 Å². The van der Waals surface area contributed by atoms with Gasteiger partial charge in [0.2, 0.25) is 0 Å². The second kappa shape index (κ2) is 10.2. The average molecular weight is 483 g/mol. The van der Waals surface area contributed by atoms with Crippen LogP contribution in [-0.2, 0) is 24.0 Å². The lowest BCUT2D eigenvalue weighted by molar-refractivity contribution is -0.165. The number of carbonyl (C=O) groups is 2. The van der Waals surface area contributed by atoms with Crippen molar-refractivity contribution in [1.29, 1.82) is 0 Å². The van der Waals surface area contributed by atoms with Crippen LogP contribution in [-0.4, -0.2) is 32.4 Å². The van der Waals surface area contributed by atoms with E-state index in [4.69, 9.17) is 0 Å². The van der Waals surface area contributed by atoms with Gasteiger partial charge in [-0.2, -0.15) is 0 Å². The Balaban J connectivity index is 1.98. The first kappa shape index (κ1) is 24.9. The summed E-state index contributed by atoms with van der Waals surface area (Å²) in [7, 11) is 0. The number of carboxylic acids is 2. The number of aromatic carboxylic acids is 2. The Hall–Kier alpha value is -4.26. The third-order valence-corrected chi connectivity index (χ3v) is 6.58. The van der Waals surface area contributed by atoms with Crippen LogP contribution in [0.25, 0.3) is 0 Å². The molecular weight excluding hydrogens is 456 g/mol. The zero-order valence-electron chi connectivity index (χ0n) is 19.4. The maximum Gasteiger partial charge on any atom is 0.335 e. The van der Waals surface area contributed by atoms with Gasteiger partial charge in [-0.15, -0.1) is 0 Å². The maximum absolute atomic E-state index is 12.5. The molecule has 0 radical (unpaired) electrons. The van der Waals surface area contributed by atoms with Gasteiger partial charge in [-0.05, 0) is 34.4 Å². The Morgan fingerprint density at radius 3 is 1.14 bits per heavy atom. The molecule has 4 aromatic carbocycles. The molecule has 4 rings (SSSR count). The van der Waals surface area contributed by atoms with Gasteiger partial charge >= 0.3 is 11.9 Å². The first-order valence-electron chi connectivity index (χ1n) is 11.4. The molecule has 6 nitrogen and oxygen atoms in total. The highest BCUT2D eigenvalue weighted by Crippen LogP contribution is 2.46. The zero-order chi connectivity index (χ0) is 25.8. The fraction of sp³-hybridized carbons (Fsp3) is 0.133. The third kappa shape index (κ3) is 4.64. The molecule has 0 fully saturated rings. The smallest absolute Gasteiger partial charge is 0.335 e. The molecule has 4 aromatic rings. The van der Waals surface area contributed by atoms with Gasteiger partial charge in [0.15, 0.2) is 0 Å². The van der Waals surface area contributed by atoms with Crippen LogP contribution in [0, 0.1) is 0 Å². The summed E-state index contributed by atoms with van der Waals surface area (Å²) in [6.07, 6.45) is -0.472. The Labute approximate surface area is 208 Å². The molecule has 2 atom stereocenters. The van der Waals surface area contributed by atoms with Gasteiger partial charge in [0.25, 0.3) is 0 Å². The molecule has 0 unspecified atom stereocenters. The molecular formula is C30H26O6. The highest BCUT2D eigenvalue weighted by Gasteiger charge is 2.52. The van der Waals surface area contributed by atoms with Crippen molar-refractivity contribution < 1.29 is 30.0 Å². The van der Waals surface area contributed by atoms with Crippen molar-refractivity contribution in [2.45, 2.75) is 24.0 Å². The van der Waals surface area contributed by atoms with Crippen molar-refractivity contribution in [2.75, 3.05) is 0 Å². The molecule has 0 amide bonds. The monoisotopic (exact) mass is 482 g/mol. The number of carboxylic acid groups (broad SMARTS) is 2. The van der Waals surface area contributed by atoms with Crippen LogP contribution in [0.4, 0.5) is 0 Å². The van der Waals surface area contributed by atoms with Crippen molar-refractivity contribution in [3.63, 3.8) is 0 Å². The molecule has 0 aliphatic rings. The van der Waals surface area contributed by atoms with E-state index in [0.717, 1.165) is 0 Å². The van der Waals surface area contributed by atoms with Gasteiger partial charge in [0, 0.05) is 12.8 Å². The van der Waals surface area contributed by atoms with Gasteiger partial charge < -0.3 is 20.4 Å². The summed E-state index contributed by atoms with van der Waals surface area (Å²) in [4.78, 5) is 23.9. The predicted octanol–water partition coefficient (Wildman–Crippen LogP) is 4.64. The van der Waals surface area contributed by atoms with E-state index in [0.29, 0.717) is 22.3 Å². The molecule has 4 N–H and O–H groups in total. The highest BCUT2D eigenvalue weighted by atomic mass is 16.4. The SMILES string of the molecule is O=C(O)c1ccccc1C[C@](O)(c1ccccc1)[C@](O)(Cc1ccccc1C(=O)O)c1ccccc1. The van der Waals surface area contributed by atoms with Gasteiger partial charge in [-0.25, -0.2) is 9.59 Å². The molecule has 0 heterocycles. The predicted molar refractivity (Wildman–Crippen MR) is 135 cm³/mol. The zero-order valence-corrected chi connectivity index (χ0v) is 19.4. The first-order chi connectivity index (χ1) is 17.3. The van der Waals surface area contributed by atoms with E-state index in [1.54, 1.807) is 97.1 Å². The van der Waals surface area contributed by atoms with Gasteiger partial charge in [0.1, 0.15) is 11.2 Å². The molecule has 0 aromatic heterocycles. The largest absolute Gasteiger partial charge is 0.478 e. The first-order valence-corrected chi connectivity index (χ1v) is 11.4. The van der Waals surface area contributed by atoms with Crippen LogP contribution in [0.15, 0.2) is 109 Å². The molecule has 0 saturated heterocycles. The lowest BCUT2D eigenvalue weighted by Crippen LogP contribution is -2.52. The third-order valence-electron chi connectivity index (χ3n) is 6.58. The quantitative estimate of drug-likeness (QED) is 0.276. The van der Waals surface area contributed by atoms with Crippen molar-refractivity contribution in [2.24, 2.45) is 0 Å². The van der Waals surface area contributed by atoms with Crippen LogP contribution in [0.1, 0.15) is 43.0 Å². The number of benzene rings is 4. The minimum Gasteiger partial charge on any atom is -0.478 e. The normalized spacial score (nSPS) is 14.4. The van der Waals surface area contributed by atoms with Gasteiger partial charge in [-0.3, -0.25) is 0 Å². The fourth-order valence-electron chi connectivity index (χ4n) is 4.72. The van der Waals surface area contributed by atoms with E-state index < -0.39 is 23.1 Å². The Kier molecular flexibility index (Phi) is 7.01. The second-order valence-corrected chi connectivity index (χ2v) is 8.73. The summed E-state index contributed by atoms with van der Waals surface area (Å²) in [5, 5.41) is 44.6. The van der Waals surface area contributed by atoms with E-state index in [9.17, 15) is 30.0 Å². The number of rotatable bonds is 9. The Morgan fingerprint density at radius 2 is 0.806 bits per heavy atom. The average Bonchev–Trinajstić information content (AvgIpc) is 2.90. The van der Waals surface area contributed by atoms with E-state index in [-0.39, 0.29) is 24.0 Å². The highest BCUT2D eigenvalue weighted by molar-refractivity contribution is 5.90. The second-order valence-electron chi connectivity index (χ2n) is 8.73. The molecule has 36 heavy (non-hydrogen) atoms. The molecule has 0 aliphatic carbocycles. The molecule has 182 valence electrons. The molecule has 6 heteroatoms.